The molecule has 0 N–H and O–H groups in total. The highest BCUT2D eigenvalue weighted by Gasteiger charge is 2.22. The lowest BCUT2D eigenvalue weighted by molar-refractivity contribution is 0.649. The van der Waals surface area contributed by atoms with Crippen LogP contribution in [0, 0.1) is 0 Å². The maximum Gasteiger partial charge on any atom is 0.183 e. The number of nitrogens with zero attached hydrogens (tertiary/aromatic N) is 8. The Kier molecular flexibility index (Phi) is 3.41. The number of aromatic nitrogens is 6. The largest absolute Gasteiger partial charge is 0.367 e. The molecular formula is C18H18N8. The fourth-order valence-electron chi connectivity index (χ4n) is 3.59. The molecule has 3 aromatic heterocycles. The monoisotopic (exact) mass is 346 g/mol. The lowest BCUT2D eigenvalue weighted by Gasteiger charge is -2.37. The normalized spacial score (nSPS) is 15.1. The number of fused-ring (bicyclic) bond motifs is 2. The van der Waals surface area contributed by atoms with Gasteiger partial charge in [0.25, 0.3) is 0 Å². The minimum absolute atomic E-state index is 0.762. The molecule has 1 aliphatic rings. The molecule has 0 saturated carbocycles. The predicted octanol–water partition coefficient (Wildman–Crippen LogP) is 1.63. The summed E-state index contributed by atoms with van der Waals surface area (Å²) >= 11 is 0. The fourth-order valence-corrected chi connectivity index (χ4v) is 3.59. The third-order valence-electron chi connectivity index (χ3n) is 4.91. The zero-order valence-electron chi connectivity index (χ0n) is 14.4. The molecule has 8 heteroatoms. The van der Waals surface area contributed by atoms with Crippen LogP contribution < -0.4 is 9.80 Å². The average molecular weight is 346 g/mol. The summed E-state index contributed by atoms with van der Waals surface area (Å²) in [5.41, 5.74) is 3.79. The Morgan fingerprint density at radius 1 is 0.885 bits per heavy atom. The Morgan fingerprint density at radius 2 is 1.69 bits per heavy atom. The molecular weight excluding hydrogens is 328 g/mol. The number of anilines is 2. The molecule has 0 spiro atoms. The van der Waals surface area contributed by atoms with Crippen LogP contribution in [0.25, 0.3) is 22.1 Å². The minimum Gasteiger partial charge on any atom is -0.367 e. The fraction of sp³-hybridized carbons (Fsp3) is 0.278. The number of hydrogen-bond acceptors (Lipinski definition) is 7. The first-order valence-corrected chi connectivity index (χ1v) is 8.65. The van der Waals surface area contributed by atoms with E-state index in [1.165, 1.54) is 11.1 Å². The summed E-state index contributed by atoms with van der Waals surface area (Å²) in [6.45, 7) is 3.58. The second-order valence-corrected chi connectivity index (χ2v) is 6.40. The zero-order chi connectivity index (χ0) is 17.5. The van der Waals surface area contributed by atoms with Crippen molar-refractivity contribution in [2.24, 2.45) is 7.05 Å². The molecule has 5 rings (SSSR count). The van der Waals surface area contributed by atoms with Crippen molar-refractivity contribution in [3.8, 4) is 0 Å². The van der Waals surface area contributed by atoms with Crippen LogP contribution in [0.1, 0.15) is 0 Å². The third-order valence-corrected chi connectivity index (χ3v) is 4.91. The van der Waals surface area contributed by atoms with Crippen LogP contribution in [-0.4, -0.2) is 56.1 Å². The molecule has 0 unspecified atom stereocenters. The van der Waals surface area contributed by atoms with Crippen LogP contribution in [-0.2, 0) is 7.05 Å². The van der Waals surface area contributed by atoms with E-state index < -0.39 is 0 Å². The Balaban J connectivity index is 1.42. The number of aryl methyl sites for hydroxylation is 1. The molecule has 0 bridgehead atoms. The Morgan fingerprint density at radius 3 is 2.58 bits per heavy atom. The Bertz CT molecular complexity index is 1080. The number of pyridine rings is 1. The first-order valence-electron chi connectivity index (χ1n) is 8.65. The number of benzene rings is 1. The van der Waals surface area contributed by atoms with Gasteiger partial charge in [0, 0.05) is 50.5 Å². The molecule has 4 aromatic rings. The van der Waals surface area contributed by atoms with Gasteiger partial charge in [-0.1, -0.05) is 23.4 Å². The van der Waals surface area contributed by atoms with E-state index in [2.05, 4.69) is 59.3 Å². The molecule has 130 valence electrons. The smallest absolute Gasteiger partial charge is 0.183 e. The highest BCUT2D eigenvalue weighted by Crippen LogP contribution is 2.27. The van der Waals surface area contributed by atoms with Crippen molar-refractivity contribution < 1.29 is 0 Å². The van der Waals surface area contributed by atoms with E-state index in [1.807, 2.05) is 19.3 Å². The first kappa shape index (κ1) is 15.0. The van der Waals surface area contributed by atoms with Gasteiger partial charge in [0.15, 0.2) is 17.0 Å². The van der Waals surface area contributed by atoms with Gasteiger partial charge >= 0.3 is 0 Å². The molecule has 4 heterocycles. The molecule has 1 aromatic carbocycles. The van der Waals surface area contributed by atoms with E-state index in [4.69, 9.17) is 0 Å². The van der Waals surface area contributed by atoms with Crippen LogP contribution in [0.4, 0.5) is 11.5 Å². The highest BCUT2D eigenvalue weighted by molar-refractivity contribution is 5.91. The van der Waals surface area contributed by atoms with Crippen LogP contribution in [0.5, 0.6) is 0 Å². The topological polar surface area (TPSA) is 75.9 Å². The summed E-state index contributed by atoms with van der Waals surface area (Å²) in [6.07, 6.45) is 3.47. The lowest BCUT2D eigenvalue weighted by atomic mass is 10.1. The molecule has 0 atom stereocenters. The zero-order valence-corrected chi connectivity index (χ0v) is 14.4. The molecule has 0 radical (unpaired) electrons. The molecule has 0 aliphatic carbocycles. The number of piperazine rings is 1. The van der Waals surface area contributed by atoms with Crippen molar-refractivity contribution in [2.45, 2.75) is 0 Å². The number of hydrogen-bond donors (Lipinski definition) is 0. The second kappa shape index (κ2) is 5.91. The molecule has 1 saturated heterocycles. The summed E-state index contributed by atoms with van der Waals surface area (Å²) < 4.78 is 1.68. The van der Waals surface area contributed by atoms with E-state index in [-0.39, 0.29) is 0 Å². The van der Waals surface area contributed by atoms with E-state index in [9.17, 15) is 0 Å². The minimum atomic E-state index is 0.762. The molecule has 1 fully saturated rings. The van der Waals surface area contributed by atoms with Gasteiger partial charge in [0.05, 0.1) is 5.52 Å². The van der Waals surface area contributed by atoms with Crippen molar-refractivity contribution in [1.82, 2.24) is 29.9 Å². The standard InChI is InChI=1S/C18H18N8/c1-24-17-16(22-23-24)18(21-12-20-17)26-10-8-25(9-11-26)15-6-7-19-14-5-3-2-4-13(14)15/h2-7,12H,8-11H2,1H3. The Hall–Kier alpha value is -3.29. The van der Waals surface area contributed by atoms with E-state index in [0.717, 1.165) is 48.7 Å². The Labute approximate surface area is 150 Å². The van der Waals surface area contributed by atoms with Gasteiger partial charge in [0.1, 0.15) is 6.33 Å². The highest BCUT2D eigenvalue weighted by atomic mass is 15.4. The van der Waals surface area contributed by atoms with Gasteiger partial charge in [-0.2, -0.15) is 0 Å². The van der Waals surface area contributed by atoms with Crippen molar-refractivity contribution >= 4 is 33.6 Å². The van der Waals surface area contributed by atoms with E-state index in [0.29, 0.717) is 0 Å². The van der Waals surface area contributed by atoms with Crippen LogP contribution >= 0.6 is 0 Å². The molecule has 26 heavy (non-hydrogen) atoms. The van der Waals surface area contributed by atoms with Gasteiger partial charge in [-0.25, -0.2) is 14.6 Å². The van der Waals surface area contributed by atoms with Gasteiger partial charge in [-0.15, -0.1) is 5.10 Å². The van der Waals surface area contributed by atoms with E-state index >= 15 is 0 Å². The number of para-hydroxylation sites is 1. The average Bonchev–Trinajstić information content (AvgIpc) is 3.09. The second-order valence-electron chi connectivity index (χ2n) is 6.40. The molecule has 0 amide bonds. The van der Waals surface area contributed by atoms with Crippen molar-refractivity contribution in [1.29, 1.82) is 0 Å². The van der Waals surface area contributed by atoms with Gasteiger partial charge in [0.2, 0.25) is 0 Å². The summed E-state index contributed by atoms with van der Waals surface area (Å²) in [5, 5.41) is 9.50. The predicted molar refractivity (Wildman–Crippen MR) is 100 cm³/mol. The van der Waals surface area contributed by atoms with Crippen molar-refractivity contribution in [3.63, 3.8) is 0 Å². The maximum atomic E-state index is 4.46. The van der Waals surface area contributed by atoms with Crippen LogP contribution in [0.2, 0.25) is 0 Å². The first-order chi connectivity index (χ1) is 12.8. The van der Waals surface area contributed by atoms with Crippen molar-refractivity contribution in [3.05, 3.63) is 42.9 Å². The van der Waals surface area contributed by atoms with Crippen LogP contribution in [0.3, 0.4) is 0 Å². The number of rotatable bonds is 2. The molecule has 1 aliphatic heterocycles. The summed E-state index contributed by atoms with van der Waals surface area (Å²) in [4.78, 5) is 17.9. The molecule has 8 nitrogen and oxygen atoms in total. The SMILES string of the molecule is Cn1nnc2c(N3CCN(c4ccnc5ccccc45)CC3)ncnc21. The summed E-state index contributed by atoms with van der Waals surface area (Å²) in [6, 6.07) is 10.4. The summed E-state index contributed by atoms with van der Waals surface area (Å²) in [7, 11) is 1.85. The maximum absolute atomic E-state index is 4.46. The van der Waals surface area contributed by atoms with E-state index in [1.54, 1.807) is 11.0 Å². The van der Waals surface area contributed by atoms with Gasteiger partial charge in [-0.05, 0) is 12.1 Å². The lowest BCUT2D eigenvalue weighted by Crippen LogP contribution is -2.47. The van der Waals surface area contributed by atoms with Crippen LogP contribution in [0.15, 0.2) is 42.9 Å². The summed E-state index contributed by atoms with van der Waals surface area (Å²) in [5.74, 6) is 0.863. The van der Waals surface area contributed by atoms with Gasteiger partial charge in [-0.3, -0.25) is 4.98 Å². The van der Waals surface area contributed by atoms with Crippen molar-refractivity contribution in [2.75, 3.05) is 36.0 Å². The van der Waals surface area contributed by atoms with Gasteiger partial charge < -0.3 is 9.80 Å². The third kappa shape index (κ3) is 2.33. The quantitative estimate of drug-likeness (QED) is 0.546.